The topological polar surface area (TPSA) is 50.4 Å². The van der Waals surface area contributed by atoms with E-state index in [0.717, 1.165) is 31.8 Å². The Balaban J connectivity index is 1.50. The van der Waals surface area contributed by atoms with Gasteiger partial charge < -0.3 is 15.4 Å². The maximum absolute atomic E-state index is 12.2. The molecule has 0 bridgehead atoms. The minimum Gasteiger partial charge on any atom is -0.377 e. The second-order valence-electron chi connectivity index (χ2n) is 7.45. The van der Waals surface area contributed by atoms with Crippen LogP contribution in [0, 0.1) is 17.3 Å². The summed E-state index contributed by atoms with van der Waals surface area (Å²) in [5, 5.41) is 6.37. The third-order valence-electron chi connectivity index (χ3n) is 5.53. The van der Waals surface area contributed by atoms with Gasteiger partial charge in [-0.25, -0.2) is 4.79 Å². The second-order valence-corrected chi connectivity index (χ2v) is 7.45. The van der Waals surface area contributed by atoms with Gasteiger partial charge in [0.1, 0.15) is 0 Å². The molecule has 20 heavy (non-hydrogen) atoms. The summed E-state index contributed by atoms with van der Waals surface area (Å²) in [6, 6.07) is 0.607. The molecule has 0 aromatic rings. The normalized spacial score (nSPS) is 35.9. The van der Waals surface area contributed by atoms with E-state index in [1.165, 1.54) is 12.8 Å². The van der Waals surface area contributed by atoms with Crippen LogP contribution >= 0.6 is 0 Å². The first kappa shape index (κ1) is 14.2. The highest BCUT2D eigenvalue weighted by atomic mass is 16.5. The van der Waals surface area contributed by atoms with Crippen LogP contribution in [0.2, 0.25) is 0 Å². The summed E-state index contributed by atoms with van der Waals surface area (Å²) in [7, 11) is 0. The Labute approximate surface area is 122 Å². The molecule has 4 atom stereocenters. The zero-order chi connectivity index (χ0) is 14.3. The van der Waals surface area contributed by atoms with Crippen molar-refractivity contribution in [1.29, 1.82) is 0 Å². The van der Waals surface area contributed by atoms with E-state index >= 15 is 0 Å². The van der Waals surface area contributed by atoms with Crippen LogP contribution in [0.4, 0.5) is 4.79 Å². The van der Waals surface area contributed by atoms with Gasteiger partial charge in [0.25, 0.3) is 0 Å². The van der Waals surface area contributed by atoms with E-state index in [-0.39, 0.29) is 17.5 Å². The number of fused-ring (bicyclic) bond motifs is 1. The summed E-state index contributed by atoms with van der Waals surface area (Å²) in [4.78, 5) is 12.2. The lowest BCUT2D eigenvalue weighted by atomic mass is 9.57. The van der Waals surface area contributed by atoms with Crippen molar-refractivity contribution in [3.05, 3.63) is 0 Å². The molecule has 0 spiro atoms. The average molecular weight is 280 g/mol. The molecule has 2 saturated carbocycles. The molecule has 0 aromatic heterocycles. The van der Waals surface area contributed by atoms with Crippen molar-refractivity contribution in [2.24, 2.45) is 17.3 Å². The number of nitrogens with one attached hydrogen (secondary N) is 2. The highest BCUT2D eigenvalue weighted by Gasteiger charge is 2.59. The third kappa shape index (κ3) is 2.54. The Hall–Kier alpha value is -0.770. The fourth-order valence-corrected chi connectivity index (χ4v) is 4.07. The quantitative estimate of drug-likeness (QED) is 0.813. The number of hydrogen-bond donors (Lipinski definition) is 2. The summed E-state index contributed by atoms with van der Waals surface area (Å²) in [5.74, 6) is 1.37. The smallest absolute Gasteiger partial charge is 0.315 e. The van der Waals surface area contributed by atoms with E-state index in [0.29, 0.717) is 18.1 Å². The average Bonchev–Trinajstić information content (AvgIpc) is 3.10. The van der Waals surface area contributed by atoms with Gasteiger partial charge >= 0.3 is 6.03 Å². The van der Waals surface area contributed by atoms with Gasteiger partial charge in [0.05, 0.1) is 6.10 Å². The molecule has 4 nitrogen and oxygen atoms in total. The van der Waals surface area contributed by atoms with E-state index in [2.05, 4.69) is 31.4 Å². The summed E-state index contributed by atoms with van der Waals surface area (Å²) in [5.41, 5.74) is 0.0662. The zero-order valence-electron chi connectivity index (χ0n) is 12.9. The molecule has 3 aliphatic rings. The van der Waals surface area contributed by atoms with Crippen LogP contribution in [0.1, 0.15) is 52.9 Å². The van der Waals surface area contributed by atoms with Gasteiger partial charge in [-0.1, -0.05) is 33.6 Å². The van der Waals surface area contributed by atoms with Gasteiger partial charge in [-0.3, -0.25) is 0 Å². The molecule has 1 heterocycles. The van der Waals surface area contributed by atoms with Crippen LogP contribution in [-0.2, 0) is 4.74 Å². The lowest BCUT2D eigenvalue weighted by molar-refractivity contribution is -0.108. The molecule has 3 fully saturated rings. The molecule has 1 saturated heterocycles. The van der Waals surface area contributed by atoms with Crippen molar-refractivity contribution >= 4 is 6.03 Å². The molecule has 2 N–H and O–H groups in total. The largest absolute Gasteiger partial charge is 0.377 e. The second kappa shape index (κ2) is 5.21. The van der Waals surface area contributed by atoms with E-state index in [4.69, 9.17) is 4.74 Å². The first-order chi connectivity index (χ1) is 9.52. The number of ether oxygens (including phenoxy) is 1. The first-order valence-corrected chi connectivity index (χ1v) is 8.21. The van der Waals surface area contributed by atoms with Gasteiger partial charge in [0.2, 0.25) is 0 Å². The predicted molar refractivity (Wildman–Crippen MR) is 78.5 cm³/mol. The van der Waals surface area contributed by atoms with Gasteiger partial charge in [-0.2, -0.15) is 0 Å². The molecule has 2 aliphatic carbocycles. The number of urea groups is 1. The summed E-state index contributed by atoms with van der Waals surface area (Å²) in [6.07, 6.45) is 6.27. The van der Waals surface area contributed by atoms with E-state index in [1.54, 1.807) is 0 Å². The van der Waals surface area contributed by atoms with Gasteiger partial charge in [0, 0.05) is 30.0 Å². The van der Waals surface area contributed by atoms with Crippen LogP contribution in [-0.4, -0.2) is 30.8 Å². The molecule has 4 heteroatoms. The van der Waals surface area contributed by atoms with Crippen molar-refractivity contribution in [3.63, 3.8) is 0 Å². The van der Waals surface area contributed by atoms with Gasteiger partial charge in [0.15, 0.2) is 0 Å². The molecule has 3 rings (SSSR count). The number of carbonyl (C=O) groups is 1. The fraction of sp³-hybridized carbons (Fsp3) is 0.938. The minimum absolute atomic E-state index is 0.0147. The molecule has 0 radical (unpaired) electrons. The Bertz CT molecular complexity index is 379. The highest BCUT2D eigenvalue weighted by molar-refractivity contribution is 5.75. The lowest BCUT2D eigenvalue weighted by Gasteiger charge is -2.54. The zero-order valence-corrected chi connectivity index (χ0v) is 12.9. The molecule has 2 amide bonds. The van der Waals surface area contributed by atoms with Crippen molar-refractivity contribution in [1.82, 2.24) is 10.6 Å². The lowest BCUT2D eigenvalue weighted by Crippen LogP contribution is -2.68. The minimum atomic E-state index is 0.0147. The highest BCUT2D eigenvalue weighted by Crippen LogP contribution is 2.52. The monoisotopic (exact) mass is 280 g/mol. The first-order valence-electron chi connectivity index (χ1n) is 8.21. The van der Waals surface area contributed by atoms with Crippen molar-refractivity contribution < 1.29 is 9.53 Å². The van der Waals surface area contributed by atoms with E-state index in [1.807, 2.05) is 0 Å². The summed E-state index contributed by atoms with van der Waals surface area (Å²) in [6.45, 7) is 7.40. The van der Waals surface area contributed by atoms with Crippen LogP contribution in [0.25, 0.3) is 0 Å². The Morgan fingerprint density at radius 2 is 2.10 bits per heavy atom. The van der Waals surface area contributed by atoms with Gasteiger partial charge in [-0.05, 0) is 25.2 Å². The van der Waals surface area contributed by atoms with Crippen LogP contribution in [0.3, 0.4) is 0 Å². The summed E-state index contributed by atoms with van der Waals surface area (Å²) < 4.78 is 5.77. The molecular formula is C16H28N2O2. The van der Waals surface area contributed by atoms with E-state index < -0.39 is 0 Å². The van der Waals surface area contributed by atoms with Gasteiger partial charge in [-0.15, -0.1) is 0 Å². The fourth-order valence-electron chi connectivity index (χ4n) is 4.07. The van der Waals surface area contributed by atoms with Crippen LogP contribution in [0.15, 0.2) is 0 Å². The maximum atomic E-state index is 12.2. The molecular weight excluding hydrogens is 252 g/mol. The third-order valence-corrected chi connectivity index (χ3v) is 5.53. The molecule has 114 valence electrons. The number of hydrogen-bond acceptors (Lipinski definition) is 2. The van der Waals surface area contributed by atoms with Crippen molar-refractivity contribution in [2.75, 3.05) is 6.61 Å². The number of rotatable bonds is 5. The van der Waals surface area contributed by atoms with Crippen LogP contribution < -0.4 is 10.6 Å². The van der Waals surface area contributed by atoms with Crippen molar-refractivity contribution in [2.45, 2.75) is 71.1 Å². The Morgan fingerprint density at radius 1 is 1.35 bits per heavy atom. The standard InChI is InChI=1S/C16H28N2O2/c1-4-11(9-10-5-6-10)17-15(19)18-13-12-7-8-20-14(12)16(13,2)3/h10-14H,4-9H2,1-3H3,(H2,17,18,19)/t11-,12-,13-,14+/m1/s1. The molecule has 1 aliphatic heterocycles. The van der Waals surface area contributed by atoms with Crippen molar-refractivity contribution in [3.8, 4) is 0 Å². The Kier molecular flexibility index (Phi) is 3.69. The molecule has 0 unspecified atom stereocenters. The van der Waals surface area contributed by atoms with Crippen LogP contribution in [0.5, 0.6) is 0 Å². The number of carbonyl (C=O) groups excluding carboxylic acids is 1. The number of amides is 2. The maximum Gasteiger partial charge on any atom is 0.315 e. The summed E-state index contributed by atoms with van der Waals surface area (Å²) >= 11 is 0. The van der Waals surface area contributed by atoms with E-state index in [9.17, 15) is 4.79 Å². The Morgan fingerprint density at radius 3 is 2.75 bits per heavy atom. The SMILES string of the molecule is CC[C@H](CC1CC1)NC(=O)N[C@@H]1[C@H]2CCO[C@@H]2C1(C)C. The predicted octanol–water partition coefficient (Wildman–Crippen LogP) is 2.68. The molecule has 0 aromatic carbocycles.